The first-order valence-corrected chi connectivity index (χ1v) is 22.7. The summed E-state index contributed by atoms with van der Waals surface area (Å²) in [4.78, 5) is -0.605. The smallest absolute Gasteiger partial charge is 0.258 e. The van der Waals surface area contributed by atoms with E-state index in [4.69, 9.17) is 13.6 Å². The Labute approximate surface area is 253 Å². The molecule has 0 saturated carbocycles. The molecule has 2 aromatic rings. The summed E-state index contributed by atoms with van der Waals surface area (Å²) in [5.41, 5.74) is 0. The molecule has 1 saturated heterocycles. The molecule has 0 amide bonds. The minimum absolute atomic E-state index is 0.0721. The molecule has 0 radical (unpaired) electrons. The fourth-order valence-electron chi connectivity index (χ4n) is 3.96. The average molecular weight is 660 g/mol. The molecule has 0 unspecified atom stereocenters. The second kappa shape index (κ2) is 12.1. The highest BCUT2D eigenvalue weighted by molar-refractivity contribution is 8.04. The summed E-state index contributed by atoms with van der Waals surface area (Å²) < 4.78 is 92.1. The van der Waals surface area contributed by atoms with E-state index < -0.39 is 61.3 Å². The van der Waals surface area contributed by atoms with Crippen LogP contribution in [0.4, 0.5) is 4.39 Å². The Hall–Kier alpha value is -1.46. The van der Waals surface area contributed by atoms with Crippen molar-refractivity contribution in [2.45, 2.75) is 112 Å². The van der Waals surface area contributed by atoms with Crippen LogP contribution in [-0.4, -0.2) is 68.4 Å². The molecule has 2 aromatic carbocycles. The van der Waals surface area contributed by atoms with Crippen molar-refractivity contribution in [3.63, 3.8) is 0 Å². The molecule has 0 N–H and O–H groups in total. The standard InChI is InChI=1S/C29H46FNO7S2Si2/c1-28(2,3)41(7,8)36-21-24-26(38-42(9,10)29(4,5)6)25(30)27(37-24)31(39(32,33)22-17-13-11-14-18-22)40(34,35)23-19-15-12-16-20-23/h11-20,24-27H,21H2,1-10H3/t24-,25+,26-,27+/m1/s1. The highest BCUT2D eigenvalue weighted by atomic mass is 32.3. The lowest BCUT2D eigenvalue weighted by Crippen LogP contribution is -2.52. The van der Waals surface area contributed by atoms with Gasteiger partial charge in [0.05, 0.1) is 16.4 Å². The van der Waals surface area contributed by atoms with Crippen molar-refractivity contribution in [2.75, 3.05) is 6.61 Å². The van der Waals surface area contributed by atoms with Crippen molar-refractivity contribution in [3.8, 4) is 0 Å². The van der Waals surface area contributed by atoms with Crippen LogP contribution in [0.3, 0.4) is 0 Å². The van der Waals surface area contributed by atoms with Crippen molar-refractivity contribution in [3.05, 3.63) is 60.7 Å². The number of sulfonamides is 2. The number of nitrogens with zero attached hydrogens (tertiary/aromatic N) is 1. The predicted octanol–water partition coefficient (Wildman–Crippen LogP) is 6.54. The van der Waals surface area contributed by atoms with Crippen molar-refractivity contribution >= 4 is 36.7 Å². The van der Waals surface area contributed by atoms with E-state index >= 15 is 4.39 Å². The highest BCUT2D eigenvalue weighted by Crippen LogP contribution is 2.43. The lowest BCUT2D eigenvalue weighted by atomic mass is 10.1. The van der Waals surface area contributed by atoms with Gasteiger partial charge in [-0.3, -0.25) is 0 Å². The second-order valence-electron chi connectivity index (χ2n) is 13.8. The van der Waals surface area contributed by atoms with Gasteiger partial charge in [0.15, 0.2) is 29.0 Å². The van der Waals surface area contributed by atoms with Crippen molar-refractivity contribution in [1.29, 1.82) is 0 Å². The van der Waals surface area contributed by atoms with Crippen LogP contribution in [0.15, 0.2) is 70.5 Å². The maximum Gasteiger partial charge on any atom is 0.258 e. The van der Waals surface area contributed by atoms with Crippen molar-refractivity contribution in [1.82, 2.24) is 3.71 Å². The van der Waals surface area contributed by atoms with E-state index in [0.29, 0.717) is 0 Å². The van der Waals surface area contributed by atoms with Gasteiger partial charge in [-0.15, -0.1) is 0 Å². The summed E-state index contributed by atoms with van der Waals surface area (Å²) >= 11 is 0. The number of hydrogen-bond donors (Lipinski definition) is 0. The molecule has 13 heteroatoms. The van der Waals surface area contributed by atoms with E-state index in [1.807, 2.05) is 47.0 Å². The Bertz CT molecular complexity index is 1360. The Morgan fingerprint density at radius 2 is 1.17 bits per heavy atom. The van der Waals surface area contributed by atoms with Crippen molar-refractivity contribution < 1.29 is 34.8 Å². The minimum atomic E-state index is -4.80. The number of rotatable bonds is 10. The van der Waals surface area contributed by atoms with Gasteiger partial charge >= 0.3 is 0 Å². The number of ether oxygens (including phenoxy) is 1. The first kappa shape index (κ1) is 35.0. The summed E-state index contributed by atoms with van der Waals surface area (Å²) in [5, 5.41) is -0.462. The molecule has 8 nitrogen and oxygen atoms in total. The predicted molar refractivity (Wildman–Crippen MR) is 168 cm³/mol. The third-order valence-electron chi connectivity index (χ3n) is 8.68. The average Bonchev–Trinajstić information content (AvgIpc) is 3.16. The van der Waals surface area contributed by atoms with Gasteiger partial charge in [0.2, 0.25) is 0 Å². The zero-order chi connectivity index (χ0) is 31.9. The zero-order valence-electron chi connectivity index (χ0n) is 26.3. The number of benzene rings is 2. The van der Waals surface area contributed by atoms with Crippen molar-refractivity contribution in [2.24, 2.45) is 0 Å². The first-order valence-electron chi connectivity index (χ1n) is 14.1. The maximum absolute atomic E-state index is 16.8. The quantitative estimate of drug-likeness (QED) is 0.267. The Morgan fingerprint density at radius 1 is 0.762 bits per heavy atom. The summed E-state index contributed by atoms with van der Waals surface area (Å²) in [7, 11) is -14.6. The molecule has 3 rings (SSSR count). The van der Waals surface area contributed by atoms with E-state index in [1.54, 1.807) is 12.1 Å². The van der Waals surface area contributed by atoms with E-state index in [-0.39, 0.29) is 30.2 Å². The van der Waals surface area contributed by atoms with Crippen LogP contribution in [0.1, 0.15) is 41.5 Å². The van der Waals surface area contributed by atoms with Crippen LogP contribution in [-0.2, 0) is 33.6 Å². The van der Waals surface area contributed by atoms with E-state index in [9.17, 15) is 16.8 Å². The molecule has 0 aliphatic carbocycles. The molecule has 0 aromatic heterocycles. The molecule has 1 aliphatic heterocycles. The van der Waals surface area contributed by atoms with Crippen LogP contribution in [0.25, 0.3) is 0 Å². The maximum atomic E-state index is 16.8. The van der Waals surface area contributed by atoms with Crippen LogP contribution in [0.5, 0.6) is 0 Å². The molecule has 4 atom stereocenters. The topological polar surface area (TPSA) is 99.2 Å². The summed E-state index contributed by atoms with van der Waals surface area (Å²) in [5.74, 6) is 0. The fourth-order valence-corrected chi connectivity index (χ4v) is 10.1. The number of alkyl halides is 1. The molecule has 0 spiro atoms. The van der Waals surface area contributed by atoms with Crippen LogP contribution < -0.4 is 0 Å². The Kier molecular flexibility index (Phi) is 10.1. The summed E-state index contributed by atoms with van der Waals surface area (Å²) in [6, 6.07) is 14.2. The fraction of sp³-hybridized carbons (Fsp3) is 0.586. The molecular weight excluding hydrogens is 614 g/mol. The third-order valence-corrected chi connectivity index (χ3v) is 21.9. The van der Waals surface area contributed by atoms with Gasteiger partial charge in [0.1, 0.15) is 12.2 Å². The Balaban J connectivity index is 2.16. The molecule has 0 bridgehead atoms. The molecule has 1 fully saturated rings. The number of halogens is 1. The van der Waals surface area contributed by atoms with Gasteiger partial charge in [0.25, 0.3) is 20.0 Å². The van der Waals surface area contributed by atoms with Gasteiger partial charge in [-0.1, -0.05) is 81.7 Å². The minimum Gasteiger partial charge on any atom is -0.414 e. The van der Waals surface area contributed by atoms with E-state index in [1.165, 1.54) is 48.5 Å². The molecule has 1 aliphatic rings. The Morgan fingerprint density at radius 3 is 1.55 bits per heavy atom. The molecule has 1 heterocycles. The zero-order valence-corrected chi connectivity index (χ0v) is 29.9. The lowest BCUT2D eigenvalue weighted by molar-refractivity contribution is -0.0375. The van der Waals surface area contributed by atoms with Crippen LogP contribution in [0, 0.1) is 0 Å². The van der Waals surface area contributed by atoms with Crippen LogP contribution >= 0.6 is 0 Å². The van der Waals surface area contributed by atoms with Crippen LogP contribution in [0.2, 0.25) is 36.3 Å². The molecule has 236 valence electrons. The summed E-state index contributed by atoms with van der Waals surface area (Å²) in [6.07, 6.45) is -6.43. The largest absolute Gasteiger partial charge is 0.414 e. The molecule has 42 heavy (non-hydrogen) atoms. The third kappa shape index (κ3) is 7.09. The number of hydrogen-bond acceptors (Lipinski definition) is 7. The van der Waals surface area contributed by atoms with Gasteiger partial charge in [0, 0.05) is 0 Å². The van der Waals surface area contributed by atoms with Gasteiger partial charge in [-0.25, -0.2) is 21.2 Å². The van der Waals surface area contributed by atoms with Gasteiger partial charge in [-0.2, -0.15) is 0 Å². The lowest BCUT2D eigenvalue weighted by Gasteiger charge is -2.41. The monoisotopic (exact) mass is 659 g/mol. The van der Waals surface area contributed by atoms with E-state index in [0.717, 1.165) is 0 Å². The normalized spacial score (nSPS) is 23.0. The molecular formula is C29H46FNO7S2Si2. The summed E-state index contributed by atoms with van der Waals surface area (Å²) in [6.45, 7) is 20.2. The highest BCUT2D eigenvalue weighted by Gasteiger charge is 2.58. The SMILES string of the molecule is CC(C)(C)[Si](C)(C)OC[C@H]1O[C@H](N(S(=O)(=O)c2ccccc2)S(=O)(=O)c2ccccc2)[C@@H](F)[C@@H]1O[Si](C)(C)C(C)(C)C. The second-order valence-corrected chi connectivity index (χ2v) is 27.2. The van der Waals surface area contributed by atoms with Gasteiger partial charge in [-0.05, 0) is 60.5 Å². The first-order chi connectivity index (χ1) is 19.0. The van der Waals surface area contributed by atoms with E-state index in [2.05, 4.69) is 20.8 Å². The van der Waals surface area contributed by atoms with Gasteiger partial charge < -0.3 is 13.6 Å².